The summed E-state index contributed by atoms with van der Waals surface area (Å²) in [4.78, 5) is 30.5. The molecule has 0 atom stereocenters. The average Bonchev–Trinajstić information content (AvgIpc) is 3.54. The first-order valence-electron chi connectivity index (χ1n) is 10.3. The van der Waals surface area contributed by atoms with E-state index in [-0.39, 0.29) is 17.7 Å². The highest BCUT2D eigenvalue weighted by Crippen LogP contribution is 2.28. The van der Waals surface area contributed by atoms with Crippen LogP contribution in [0.2, 0.25) is 0 Å². The molecular formula is C21H34N6O2. The van der Waals surface area contributed by atoms with Crippen LogP contribution in [0.15, 0.2) is 29.3 Å². The van der Waals surface area contributed by atoms with Crippen LogP contribution in [0, 0.1) is 5.92 Å². The number of benzene rings is 1. The molecule has 0 bridgehead atoms. The van der Waals surface area contributed by atoms with Crippen molar-refractivity contribution in [3.63, 3.8) is 0 Å². The van der Waals surface area contributed by atoms with Crippen molar-refractivity contribution in [3.8, 4) is 0 Å². The summed E-state index contributed by atoms with van der Waals surface area (Å²) in [6, 6.07) is 7.51. The highest BCUT2D eigenvalue weighted by Gasteiger charge is 2.28. The molecule has 2 amide bonds. The van der Waals surface area contributed by atoms with Crippen LogP contribution in [-0.4, -0.2) is 69.5 Å². The number of guanidine groups is 1. The molecule has 1 saturated carbocycles. The van der Waals surface area contributed by atoms with Crippen LogP contribution >= 0.6 is 0 Å². The lowest BCUT2D eigenvalue weighted by Gasteiger charge is -2.12. The Morgan fingerprint density at radius 3 is 2.52 bits per heavy atom. The van der Waals surface area contributed by atoms with Gasteiger partial charge < -0.3 is 26.2 Å². The van der Waals surface area contributed by atoms with Gasteiger partial charge in [-0.3, -0.25) is 9.59 Å². The Kier molecular flexibility index (Phi) is 9.43. The molecule has 1 aliphatic carbocycles. The zero-order valence-electron chi connectivity index (χ0n) is 17.8. The van der Waals surface area contributed by atoms with E-state index in [0.717, 1.165) is 31.5 Å². The van der Waals surface area contributed by atoms with E-state index in [1.165, 1.54) is 0 Å². The van der Waals surface area contributed by atoms with E-state index < -0.39 is 0 Å². The molecule has 0 heterocycles. The monoisotopic (exact) mass is 402 g/mol. The molecule has 0 spiro atoms. The molecule has 4 N–H and O–H groups in total. The third-order valence-electron chi connectivity index (χ3n) is 4.46. The Morgan fingerprint density at radius 1 is 1.07 bits per heavy atom. The number of nitrogens with zero attached hydrogens (tertiary/aromatic N) is 2. The number of likely N-dealkylation sites (N-methyl/N-ethyl adjacent to an activating group) is 1. The quantitative estimate of drug-likeness (QED) is 0.246. The fourth-order valence-electron chi connectivity index (χ4n) is 2.67. The summed E-state index contributed by atoms with van der Waals surface area (Å²) < 4.78 is 0. The predicted octanol–water partition coefficient (Wildman–Crippen LogP) is 0.559. The van der Waals surface area contributed by atoms with Crippen LogP contribution in [0.1, 0.15) is 35.7 Å². The van der Waals surface area contributed by atoms with E-state index >= 15 is 0 Å². The third kappa shape index (κ3) is 8.95. The van der Waals surface area contributed by atoms with Gasteiger partial charge in [0.1, 0.15) is 0 Å². The summed E-state index contributed by atoms with van der Waals surface area (Å²) >= 11 is 0. The Bertz CT molecular complexity index is 700. The molecule has 29 heavy (non-hydrogen) atoms. The first-order valence-corrected chi connectivity index (χ1v) is 10.3. The van der Waals surface area contributed by atoms with E-state index in [2.05, 4.69) is 26.3 Å². The van der Waals surface area contributed by atoms with Crippen LogP contribution in [0.3, 0.4) is 0 Å². The summed E-state index contributed by atoms with van der Waals surface area (Å²) in [5, 5.41) is 12.3. The molecule has 0 unspecified atom stereocenters. The Hall–Kier alpha value is -2.61. The highest BCUT2D eigenvalue weighted by molar-refractivity contribution is 5.94. The fourth-order valence-corrected chi connectivity index (χ4v) is 2.67. The van der Waals surface area contributed by atoms with Gasteiger partial charge in [0.15, 0.2) is 5.96 Å². The van der Waals surface area contributed by atoms with Crippen LogP contribution in [0.5, 0.6) is 0 Å². The van der Waals surface area contributed by atoms with E-state index in [1.807, 2.05) is 50.2 Å². The Labute approximate surface area is 173 Å². The lowest BCUT2D eigenvalue weighted by atomic mass is 10.1. The largest absolute Gasteiger partial charge is 0.357 e. The van der Waals surface area contributed by atoms with Crippen molar-refractivity contribution in [1.82, 2.24) is 26.2 Å². The lowest BCUT2D eigenvalue weighted by molar-refractivity contribution is -0.122. The van der Waals surface area contributed by atoms with Gasteiger partial charge in [-0.15, -0.1) is 0 Å². The van der Waals surface area contributed by atoms with Gasteiger partial charge in [-0.05, 0) is 51.6 Å². The lowest BCUT2D eigenvalue weighted by Crippen LogP contribution is -2.41. The summed E-state index contributed by atoms with van der Waals surface area (Å²) in [6.07, 6.45) is 2.02. The number of hydrogen-bond acceptors (Lipinski definition) is 4. The average molecular weight is 403 g/mol. The highest BCUT2D eigenvalue weighted by atomic mass is 16.2. The number of amides is 2. The molecule has 0 saturated heterocycles. The molecule has 0 aromatic heterocycles. The smallest absolute Gasteiger partial charge is 0.251 e. The van der Waals surface area contributed by atoms with Gasteiger partial charge in [-0.1, -0.05) is 12.1 Å². The van der Waals surface area contributed by atoms with Crippen molar-refractivity contribution >= 4 is 17.8 Å². The normalized spacial score (nSPS) is 13.9. The van der Waals surface area contributed by atoms with Crippen molar-refractivity contribution in [2.24, 2.45) is 10.9 Å². The maximum Gasteiger partial charge on any atom is 0.251 e. The van der Waals surface area contributed by atoms with Gasteiger partial charge >= 0.3 is 0 Å². The Balaban J connectivity index is 1.82. The third-order valence-corrected chi connectivity index (χ3v) is 4.46. The fraction of sp³-hybridized carbons (Fsp3) is 0.571. The molecule has 8 nitrogen and oxygen atoms in total. The minimum Gasteiger partial charge on any atom is -0.357 e. The van der Waals surface area contributed by atoms with Crippen LogP contribution in [0.4, 0.5) is 0 Å². The Morgan fingerprint density at radius 2 is 1.83 bits per heavy atom. The number of carbonyl (C=O) groups is 2. The molecule has 1 fully saturated rings. The minimum absolute atomic E-state index is 0.0749. The van der Waals surface area contributed by atoms with E-state index in [1.54, 1.807) is 0 Å². The van der Waals surface area contributed by atoms with Crippen LogP contribution in [0.25, 0.3) is 0 Å². The first-order chi connectivity index (χ1) is 14.0. The molecule has 8 heteroatoms. The van der Waals surface area contributed by atoms with Crippen molar-refractivity contribution in [1.29, 1.82) is 0 Å². The van der Waals surface area contributed by atoms with Crippen molar-refractivity contribution < 1.29 is 9.59 Å². The molecule has 160 valence electrons. The number of carbonyl (C=O) groups excluding carboxylic acids is 2. The van der Waals surface area contributed by atoms with Crippen molar-refractivity contribution in [3.05, 3.63) is 35.4 Å². The first kappa shape index (κ1) is 22.7. The van der Waals surface area contributed by atoms with Crippen molar-refractivity contribution in [2.75, 3.05) is 46.8 Å². The number of nitrogens with one attached hydrogen (secondary N) is 4. The van der Waals surface area contributed by atoms with Gasteiger partial charge in [-0.2, -0.15) is 0 Å². The van der Waals surface area contributed by atoms with E-state index in [9.17, 15) is 9.59 Å². The molecule has 2 rings (SSSR count). The van der Waals surface area contributed by atoms with Gasteiger partial charge in [0, 0.05) is 44.2 Å². The number of aliphatic imine (C=N–C) groups is 1. The molecule has 0 radical (unpaired) electrons. The summed E-state index contributed by atoms with van der Waals surface area (Å²) in [5.74, 6) is 0.988. The van der Waals surface area contributed by atoms with E-state index in [0.29, 0.717) is 37.7 Å². The standard InChI is InChI=1S/C21H34N6O2/c1-4-22-21(25-11-10-23-19(28)17-8-9-17)26-15-16-6-5-7-18(14-16)20(29)24-12-13-27(2)3/h5-7,14,17H,4,8-13,15H2,1-3H3,(H,23,28)(H,24,29)(H2,22,25,26). The SMILES string of the molecule is CCNC(=NCc1cccc(C(=O)NCCN(C)C)c1)NCCNC(=O)C1CC1. The van der Waals surface area contributed by atoms with Gasteiger partial charge in [0.25, 0.3) is 5.91 Å². The van der Waals surface area contributed by atoms with Crippen LogP contribution in [-0.2, 0) is 11.3 Å². The molecule has 1 aliphatic rings. The van der Waals surface area contributed by atoms with Gasteiger partial charge in [0.05, 0.1) is 6.54 Å². The maximum atomic E-state index is 12.3. The second-order valence-electron chi connectivity index (χ2n) is 7.45. The predicted molar refractivity (Wildman–Crippen MR) is 116 cm³/mol. The van der Waals surface area contributed by atoms with Gasteiger partial charge in [-0.25, -0.2) is 4.99 Å². The van der Waals surface area contributed by atoms with E-state index in [4.69, 9.17) is 0 Å². The molecule has 0 aliphatic heterocycles. The number of rotatable bonds is 11. The summed E-state index contributed by atoms with van der Waals surface area (Å²) in [5.41, 5.74) is 1.60. The van der Waals surface area contributed by atoms with Crippen molar-refractivity contribution in [2.45, 2.75) is 26.3 Å². The maximum absolute atomic E-state index is 12.3. The number of hydrogen-bond donors (Lipinski definition) is 4. The van der Waals surface area contributed by atoms with Crippen LogP contribution < -0.4 is 21.3 Å². The second kappa shape index (κ2) is 12.1. The summed E-state index contributed by atoms with van der Waals surface area (Å²) in [7, 11) is 3.95. The topological polar surface area (TPSA) is 97.9 Å². The molecule has 1 aromatic rings. The second-order valence-corrected chi connectivity index (χ2v) is 7.45. The molecular weight excluding hydrogens is 368 g/mol. The minimum atomic E-state index is -0.0749. The zero-order chi connectivity index (χ0) is 21.1. The zero-order valence-corrected chi connectivity index (χ0v) is 17.8. The summed E-state index contributed by atoms with van der Waals surface area (Å²) in [6.45, 7) is 5.80. The van der Waals surface area contributed by atoms with Gasteiger partial charge in [0.2, 0.25) is 5.91 Å². The molecule has 1 aromatic carbocycles.